The van der Waals surface area contributed by atoms with Crippen molar-refractivity contribution in [2.24, 2.45) is 0 Å². The maximum Gasteiger partial charge on any atom is 0.114 e. The van der Waals surface area contributed by atoms with Gasteiger partial charge in [0.25, 0.3) is 0 Å². The Hall–Kier alpha value is -0.480. The lowest BCUT2D eigenvalue weighted by atomic mass is 10.4. The molecule has 0 saturated heterocycles. The second kappa shape index (κ2) is 2.74. The number of hydrogen-bond acceptors (Lipinski definition) is 1. The van der Waals surface area contributed by atoms with Gasteiger partial charge in [0.05, 0.1) is 0 Å². The molecule has 1 heteroatoms. The summed E-state index contributed by atoms with van der Waals surface area (Å²) < 4.78 is 4.66. The van der Waals surface area contributed by atoms with Crippen LogP contribution < -0.4 is 0 Å². The van der Waals surface area contributed by atoms with Gasteiger partial charge in [0.15, 0.2) is 0 Å². The Bertz CT molecular complexity index is 60.8. The molecule has 0 bridgehead atoms. The van der Waals surface area contributed by atoms with Gasteiger partial charge in [-0.1, -0.05) is 5.92 Å². The van der Waals surface area contributed by atoms with Crippen molar-refractivity contribution in [1.29, 1.82) is 0 Å². The third-order valence-corrected chi connectivity index (χ3v) is 0.588. The minimum Gasteiger partial charge on any atom is -0.369 e. The van der Waals surface area contributed by atoms with Crippen molar-refractivity contribution in [3.05, 3.63) is 0 Å². The highest BCUT2D eigenvalue weighted by Crippen LogP contribution is 1.78. The molecule has 0 aromatic rings. The maximum atomic E-state index is 4.91. The van der Waals surface area contributed by atoms with E-state index in [4.69, 9.17) is 6.42 Å². The predicted octanol–water partition coefficient (Wildman–Crippen LogP) is 0.654. The van der Waals surface area contributed by atoms with Crippen LogP contribution in [0.3, 0.4) is 0 Å². The number of terminal acetylenes is 1. The van der Waals surface area contributed by atoms with Crippen LogP contribution >= 0.6 is 0 Å². The molecule has 0 N–H and O–H groups in total. The summed E-state index contributed by atoms with van der Waals surface area (Å²) in [5.41, 5.74) is 0. The molecule has 0 aromatic heterocycles. The van der Waals surface area contributed by atoms with Crippen LogP contribution in [-0.2, 0) is 4.74 Å². The highest BCUT2D eigenvalue weighted by atomic mass is 16.5. The molecule has 1 atom stereocenters. The molecule has 0 heterocycles. The molecule has 0 saturated carbocycles. The van der Waals surface area contributed by atoms with Gasteiger partial charge in [-0.2, -0.15) is 0 Å². The summed E-state index contributed by atoms with van der Waals surface area (Å²) in [6.07, 6.45) is 4.87. The highest BCUT2D eigenvalue weighted by molar-refractivity contribution is 4.90. The molecule has 0 spiro atoms. The molecule has 0 aliphatic carbocycles. The van der Waals surface area contributed by atoms with E-state index in [1.807, 2.05) is 6.92 Å². The van der Waals surface area contributed by atoms with Crippen LogP contribution in [0.25, 0.3) is 0 Å². The topological polar surface area (TPSA) is 9.23 Å². The van der Waals surface area contributed by atoms with Crippen LogP contribution in [0.15, 0.2) is 0 Å². The van der Waals surface area contributed by atoms with Gasteiger partial charge in [-0.3, -0.25) is 0 Å². The minimum atomic E-state index is -0.0370. The van der Waals surface area contributed by atoms with E-state index in [1.54, 1.807) is 7.11 Å². The van der Waals surface area contributed by atoms with Gasteiger partial charge in [-0.25, -0.2) is 0 Å². The van der Waals surface area contributed by atoms with Crippen molar-refractivity contribution in [2.45, 2.75) is 13.0 Å². The highest BCUT2D eigenvalue weighted by Gasteiger charge is 1.84. The molecule has 0 aliphatic rings. The predicted molar refractivity (Wildman–Crippen MR) is 25.3 cm³/mol. The Morgan fingerprint density at radius 2 is 2.33 bits per heavy atom. The Labute approximate surface area is 38.3 Å². The van der Waals surface area contributed by atoms with Gasteiger partial charge in [0.2, 0.25) is 0 Å². The third kappa shape index (κ3) is 1.80. The first-order valence-electron chi connectivity index (χ1n) is 1.80. The summed E-state index contributed by atoms with van der Waals surface area (Å²) in [6, 6.07) is 0. The minimum absolute atomic E-state index is 0.0370. The maximum absolute atomic E-state index is 4.91. The second-order valence-electron chi connectivity index (χ2n) is 1.04. The van der Waals surface area contributed by atoms with Crippen LogP contribution in [0.5, 0.6) is 0 Å². The number of ether oxygens (including phenoxy) is 1. The zero-order valence-electron chi connectivity index (χ0n) is 4.06. The van der Waals surface area contributed by atoms with Gasteiger partial charge < -0.3 is 4.74 Å². The summed E-state index contributed by atoms with van der Waals surface area (Å²) in [7, 11) is 1.59. The van der Waals surface area contributed by atoms with E-state index in [0.717, 1.165) is 0 Å². The Morgan fingerprint density at radius 3 is 2.33 bits per heavy atom. The van der Waals surface area contributed by atoms with Crippen LogP contribution in [0.4, 0.5) is 0 Å². The zero-order chi connectivity index (χ0) is 4.99. The molecule has 0 fully saturated rings. The van der Waals surface area contributed by atoms with Crippen molar-refractivity contribution in [2.75, 3.05) is 7.11 Å². The molecule has 0 rings (SSSR count). The largest absolute Gasteiger partial charge is 0.369 e. The SMILES string of the molecule is C#C[C@H](C)OC. The van der Waals surface area contributed by atoms with Gasteiger partial charge in [-0.05, 0) is 6.92 Å². The normalized spacial score (nSPS) is 12.8. The van der Waals surface area contributed by atoms with Crippen LogP contribution in [0.2, 0.25) is 0 Å². The van der Waals surface area contributed by atoms with Crippen LogP contribution in [0, 0.1) is 12.3 Å². The number of hydrogen-bond donors (Lipinski definition) is 0. The summed E-state index contributed by atoms with van der Waals surface area (Å²) in [5.74, 6) is 2.39. The molecule has 0 unspecified atom stereocenters. The third-order valence-electron chi connectivity index (χ3n) is 0.588. The lowest BCUT2D eigenvalue weighted by Gasteiger charge is -1.94. The molecule has 6 heavy (non-hydrogen) atoms. The van der Waals surface area contributed by atoms with Crippen molar-refractivity contribution in [3.8, 4) is 12.3 Å². The molecule has 0 aliphatic heterocycles. The van der Waals surface area contributed by atoms with Gasteiger partial charge >= 0.3 is 0 Å². The van der Waals surface area contributed by atoms with Crippen molar-refractivity contribution >= 4 is 0 Å². The first-order chi connectivity index (χ1) is 2.81. The molecular formula is C5H8O. The van der Waals surface area contributed by atoms with Gasteiger partial charge in [0.1, 0.15) is 6.10 Å². The first-order valence-corrected chi connectivity index (χ1v) is 1.80. The summed E-state index contributed by atoms with van der Waals surface area (Å²) >= 11 is 0. The summed E-state index contributed by atoms with van der Waals surface area (Å²) in [4.78, 5) is 0. The fraction of sp³-hybridized carbons (Fsp3) is 0.600. The number of rotatable bonds is 1. The average molecular weight is 84.1 g/mol. The van der Waals surface area contributed by atoms with E-state index in [9.17, 15) is 0 Å². The molecule has 0 amide bonds. The molecule has 0 aromatic carbocycles. The molecule has 34 valence electrons. The van der Waals surface area contributed by atoms with Crippen LogP contribution in [-0.4, -0.2) is 13.2 Å². The summed E-state index contributed by atoms with van der Waals surface area (Å²) in [6.45, 7) is 1.82. The average Bonchev–Trinajstić information content (AvgIpc) is 1.65. The first kappa shape index (κ1) is 5.52. The zero-order valence-corrected chi connectivity index (χ0v) is 4.06. The van der Waals surface area contributed by atoms with Crippen molar-refractivity contribution in [3.63, 3.8) is 0 Å². The molecular weight excluding hydrogens is 76.1 g/mol. The van der Waals surface area contributed by atoms with Crippen LogP contribution in [0.1, 0.15) is 6.92 Å². The fourth-order valence-electron chi connectivity index (χ4n) is 0.0680. The Morgan fingerprint density at radius 1 is 1.83 bits per heavy atom. The van der Waals surface area contributed by atoms with Crippen molar-refractivity contribution in [1.82, 2.24) is 0 Å². The lowest BCUT2D eigenvalue weighted by molar-refractivity contribution is 0.164. The van der Waals surface area contributed by atoms with E-state index in [-0.39, 0.29) is 6.10 Å². The van der Waals surface area contributed by atoms with Crippen molar-refractivity contribution < 1.29 is 4.74 Å². The number of methoxy groups -OCH3 is 1. The second-order valence-corrected chi connectivity index (χ2v) is 1.04. The van der Waals surface area contributed by atoms with E-state index in [2.05, 4.69) is 10.7 Å². The van der Waals surface area contributed by atoms with Gasteiger partial charge in [-0.15, -0.1) is 6.42 Å². The molecule has 0 radical (unpaired) electrons. The monoisotopic (exact) mass is 84.1 g/mol. The smallest absolute Gasteiger partial charge is 0.114 e. The summed E-state index contributed by atoms with van der Waals surface area (Å²) in [5, 5.41) is 0. The quantitative estimate of drug-likeness (QED) is 0.424. The Kier molecular flexibility index (Phi) is 2.52. The van der Waals surface area contributed by atoms with E-state index in [1.165, 1.54) is 0 Å². The fourth-order valence-corrected chi connectivity index (χ4v) is 0.0680. The standard InChI is InChI=1S/C5H8O/c1-4-5(2)6-3/h1,5H,2-3H3/t5-/m0/s1. The van der Waals surface area contributed by atoms with E-state index in [0.29, 0.717) is 0 Å². The van der Waals surface area contributed by atoms with E-state index >= 15 is 0 Å². The van der Waals surface area contributed by atoms with Gasteiger partial charge in [0, 0.05) is 7.11 Å². The van der Waals surface area contributed by atoms with E-state index < -0.39 is 0 Å². The lowest BCUT2D eigenvalue weighted by Crippen LogP contribution is -1.97. The Balaban J connectivity index is 3.04. The molecule has 1 nitrogen and oxygen atoms in total.